The minimum absolute atomic E-state index is 0.206. The quantitative estimate of drug-likeness (QED) is 0.181. The molecule has 5 nitrogen and oxygen atoms in total. The van der Waals surface area contributed by atoms with Crippen molar-refractivity contribution in [2.45, 2.75) is 84.0 Å². The highest BCUT2D eigenvalue weighted by Gasteiger charge is 2.38. The van der Waals surface area contributed by atoms with Crippen LogP contribution in [0, 0.1) is 0 Å². The molecule has 0 saturated carbocycles. The summed E-state index contributed by atoms with van der Waals surface area (Å²) in [7, 11) is 0. The number of unbranched alkanes of at least 4 members (excludes halogenated alkanes) is 8. The van der Waals surface area contributed by atoms with Crippen LogP contribution in [-0.2, 0) is 9.63 Å². The first-order valence-electron chi connectivity index (χ1n) is 11.6. The first-order chi connectivity index (χ1) is 15.1. The summed E-state index contributed by atoms with van der Waals surface area (Å²) in [5.41, 5.74) is 0.551. The second-order valence-electron chi connectivity index (χ2n) is 7.89. The van der Waals surface area contributed by atoms with Crippen molar-refractivity contribution in [2.75, 3.05) is 0 Å². The lowest BCUT2D eigenvalue weighted by molar-refractivity contribution is -0.168. The molecule has 5 heteroatoms. The Morgan fingerprint density at radius 2 is 1.35 bits per heavy atom. The number of hydrogen-bond donors (Lipinski definition) is 0. The van der Waals surface area contributed by atoms with E-state index in [1.807, 2.05) is 0 Å². The van der Waals surface area contributed by atoms with Gasteiger partial charge in [-0.15, -0.1) is 0 Å². The molecule has 2 rings (SSSR count). The summed E-state index contributed by atoms with van der Waals surface area (Å²) in [6.45, 7) is 2.22. The third-order valence-electron chi connectivity index (χ3n) is 5.28. The molecule has 2 amide bonds. The molecule has 0 N–H and O–H groups in total. The highest BCUT2D eigenvalue weighted by Crippen LogP contribution is 2.23. The maximum Gasteiger partial charge on any atom is 0.333 e. The molecular formula is C26H35NO4. The van der Waals surface area contributed by atoms with Crippen LogP contribution in [0.2, 0.25) is 0 Å². The Morgan fingerprint density at radius 3 is 1.97 bits per heavy atom. The molecular weight excluding hydrogens is 390 g/mol. The van der Waals surface area contributed by atoms with Crippen molar-refractivity contribution in [2.24, 2.45) is 0 Å². The summed E-state index contributed by atoms with van der Waals surface area (Å²) in [5, 5.41) is 0.583. The molecule has 0 saturated heterocycles. The number of hydrogen-bond acceptors (Lipinski definition) is 4. The third kappa shape index (κ3) is 8.52. The van der Waals surface area contributed by atoms with E-state index in [9.17, 15) is 14.4 Å². The van der Waals surface area contributed by atoms with Crippen molar-refractivity contribution in [1.82, 2.24) is 5.06 Å². The van der Waals surface area contributed by atoms with Gasteiger partial charge in [-0.05, 0) is 50.7 Å². The zero-order valence-corrected chi connectivity index (χ0v) is 18.7. The van der Waals surface area contributed by atoms with Crippen molar-refractivity contribution >= 4 is 17.8 Å². The van der Waals surface area contributed by atoms with Gasteiger partial charge in [-0.3, -0.25) is 9.59 Å². The Hall–Kier alpha value is -2.69. The molecule has 168 valence electrons. The second-order valence-corrected chi connectivity index (χ2v) is 7.89. The Morgan fingerprint density at radius 1 is 0.806 bits per heavy atom. The number of carbonyl (C=O) groups excluding carboxylic acids is 3. The van der Waals surface area contributed by atoms with E-state index in [4.69, 9.17) is 4.84 Å². The van der Waals surface area contributed by atoms with Crippen molar-refractivity contribution in [3.63, 3.8) is 0 Å². The molecule has 0 bridgehead atoms. The van der Waals surface area contributed by atoms with Gasteiger partial charge in [0.05, 0.1) is 11.1 Å². The van der Waals surface area contributed by atoms with Crippen molar-refractivity contribution in [1.29, 1.82) is 0 Å². The first-order valence-corrected chi connectivity index (χ1v) is 11.6. The van der Waals surface area contributed by atoms with E-state index >= 15 is 0 Å². The van der Waals surface area contributed by atoms with Gasteiger partial charge in [-0.2, -0.15) is 0 Å². The molecule has 1 aliphatic rings. The summed E-state index contributed by atoms with van der Waals surface area (Å²) in [6.07, 6.45) is 21.3. The fraction of sp³-hybridized carbons (Fsp3) is 0.500. The van der Waals surface area contributed by atoms with Crippen molar-refractivity contribution in [3.05, 3.63) is 59.7 Å². The predicted molar refractivity (Wildman–Crippen MR) is 122 cm³/mol. The number of allylic oxidation sites excluding steroid dienone is 4. The molecule has 0 fully saturated rings. The smallest absolute Gasteiger partial charge is 0.330 e. The average Bonchev–Trinajstić information content (AvgIpc) is 3.01. The van der Waals surface area contributed by atoms with Gasteiger partial charge in [0.1, 0.15) is 0 Å². The maximum absolute atomic E-state index is 12.2. The zero-order chi connectivity index (χ0) is 22.3. The second kappa shape index (κ2) is 14.3. The number of nitrogens with zero attached hydrogens (tertiary/aromatic N) is 1. The molecule has 0 atom stereocenters. The molecule has 1 heterocycles. The summed E-state index contributed by atoms with van der Waals surface area (Å²) < 4.78 is 0. The van der Waals surface area contributed by atoms with E-state index < -0.39 is 17.8 Å². The Bertz CT molecular complexity index is 746. The van der Waals surface area contributed by atoms with Crippen molar-refractivity contribution in [3.8, 4) is 0 Å². The van der Waals surface area contributed by atoms with E-state index in [1.54, 1.807) is 24.3 Å². The SMILES string of the molecule is CCCCC/C=C\C/C=C\CCCCCCCC(=O)ON1C(=O)c2ccccc2C1=O. The van der Waals surface area contributed by atoms with E-state index in [-0.39, 0.29) is 17.5 Å². The van der Waals surface area contributed by atoms with Gasteiger partial charge in [0.2, 0.25) is 0 Å². The number of amides is 2. The van der Waals surface area contributed by atoms with Crippen LogP contribution in [0.3, 0.4) is 0 Å². The van der Waals surface area contributed by atoms with Gasteiger partial charge in [-0.1, -0.05) is 80.5 Å². The Labute approximate surface area is 186 Å². The minimum atomic E-state index is -0.575. The van der Waals surface area contributed by atoms with E-state index in [2.05, 4.69) is 31.2 Å². The fourth-order valence-corrected chi connectivity index (χ4v) is 3.48. The number of benzene rings is 1. The normalized spacial score (nSPS) is 13.5. The standard InChI is InChI=1S/C26H35NO4/c1-2-3-4-5-6-7-8-9-10-11-12-13-14-15-16-21-24(28)31-27-25(29)22-19-17-18-20-23(22)26(27)30/h6-7,9-10,17-20H,2-5,8,11-16,21H2,1H3/b7-6-,10-9-. The molecule has 0 unspecified atom stereocenters. The van der Waals surface area contributed by atoms with Gasteiger partial charge in [0.25, 0.3) is 11.8 Å². The highest BCUT2D eigenvalue weighted by molar-refractivity contribution is 6.20. The van der Waals surface area contributed by atoms with Crippen LogP contribution in [0.1, 0.15) is 105 Å². The molecule has 1 aromatic carbocycles. The Balaban J connectivity index is 1.47. The summed E-state index contributed by atoms with van der Waals surface area (Å²) in [5.74, 6) is -1.69. The van der Waals surface area contributed by atoms with E-state index in [1.165, 1.54) is 25.7 Å². The number of fused-ring (bicyclic) bond motifs is 1. The molecule has 0 aromatic heterocycles. The average molecular weight is 426 g/mol. The largest absolute Gasteiger partial charge is 0.333 e. The maximum atomic E-state index is 12.2. The summed E-state index contributed by atoms with van der Waals surface area (Å²) in [4.78, 5) is 41.4. The van der Waals surface area contributed by atoms with Crippen LogP contribution < -0.4 is 0 Å². The molecule has 1 aliphatic heterocycles. The number of hydroxylamine groups is 2. The Kier molecular flexibility index (Phi) is 11.4. The van der Waals surface area contributed by atoms with Crippen LogP contribution in [0.15, 0.2) is 48.6 Å². The van der Waals surface area contributed by atoms with Gasteiger partial charge in [-0.25, -0.2) is 4.79 Å². The third-order valence-corrected chi connectivity index (χ3v) is 5.28. The van der Waals surface area contributed by atoms with E-state index in [0.717, 1.165) is 38.5 Å². The van der Waals surface area contributed by atoms with E-state index in [0.29, 0.717) is 11.5 Å². The topological polar surface area (TPSA) is 63.7 Å². The van der Waals surface area contributed by atoms with Crippen LogP contribution >= 0.6 is 0 Å². The van der Waals surface area contributed by atoms with Crippen LogP contribution in [0.25, 0.3) is 0 Å². The molecule has 0 radical (unpaired) electrons. The monoisotopic (exact) mass is 425 g/mol. The lowest BCUT2D eigenvalue weighted by atomic mass is 10.1. The fourth-order valence-electron chi connectivity index (χ4n) is 3.48. The first kappa shape index (κ1) is 24.6. The lowest BCUT2D eigenvalue weighted by Crippen LogP contribution is -2.32. The highest BCUT2D eigenvalue weighted by atomic mass is 16.7. The molecule has 0 aliphatic carbocycles. The minimum Gasteiger partial charge on any atom is -0.330 e. The number of rotatable bonds is 15. The van der Waals surface area contributed by atoms with Crippen LogP contribution in [0.4, 0.5) is 0 Å². The summed E-state index contributed by atoms with van der Waals surface area (Å²) in [6, 6.07) is 6.48. The van der Waals surface area contributed by atoms with Gasteiger partial charge in [0, 0.05) is 6.42 Å². The van der Waals surface area contributed by atoms with Gasteiger partial charge < -0.3 is 4.84 Å². The number of imide groups is 1. The van der Waals surface area contributed by atoms with Crippen LogP contribution in [0.5, 0.6) is 0 Å². The molecule has 31 heavy (non-hydrogen) atoms. The predicted octanol–water partition coefficient (Wildman–Crippen LogP) is 6.55. The van der Waals surface area contributed by atoms with Gasteiger partial charge in [0.15, 0.2) is 0 Å². The molecule has 1 aromatic rings. The summed E-state index contributed by atoms with van der Waals surface area (Å²) >= 11 is 0. The van der Waals surface area contributed by atoms with Gasteiger partial charge >= 0.3 is 5.97 Å². The lowest BCUT2D eigenvalue weighted by Gasteiger charge is -2.12. The van der Waals surface area contributed by atoms with Crippen molar-refractivity contribution < 1.29 is 19.2 Å². The van der Waals surface area contributed by atoms with Crippen LogP contribution in [-0.4, -0.2) is 22.8 Å². The molecule has 0 spiro atoms. The number of carbonyl (C=O) groups is 3. The zero-order valence-electron chi connectivity index (χ0n) is 18.7.